The molecule has 1 aliphatic heterocycles. The predicted molar refractivity (Wildman–Crippen MR) is 125 cm³/mol. The Morgan fingerprint density at radius 2 is 1.97 bits per heavy atom. The summed E-state index contributed by atoms with van der Waals surface area (Å²) in [6.07, 6.45) is 2.17. The molecule has 0 bridgehead atoms. The van der Waals surface area contributed by atoms with Gasteiger partial charge in [0.25, 0.3) is 5.91 Å². The second kappa shape index (κ2) is 8.29. The van der Waals surface area contributed by atoms with E-state index in [9.17, 15) is 9.59 Å². The standard InChI is InChI=1S/C23H28N6O2S/c1-14-20-17(13-18(19-5-4-12-32-19)25-21(20)27(3)26-14)23(31)29-10-8-28(9-11-29)15(2)22(30)24-16-6-7-16/h4-5,12-13,15-16H,6-11H2,1-3H3,(H,24,30). The first-order chi connectivity index (χ1) is 15.4. The van der Waals surface area contributed by atoms with E-state index in [2.05, 4.69) is 15.3 Å². The fourth-order valence-electron chi connectivity index (χ4n) is 4.36. The largest absolute Gasteiger partial charge is 0.352 e. The monoisotopic (exact) mass is 452 g/mol. The number of pyridine rings is 1. The van der Waals surface area contributed by atoms with Gasteiger partial charge < -0.3 is 10.2 Å². The van der Waals surface area contributed by atoms with Crippen molar-refractivity contribution in [1.29, 1.82) is 0 Å². The van der Waals surface area contributed by atoms with Crippen LogP contribution in [0.1, 0.15) is 35.8 Å². The maximum Gasteiger partial charge on any atom is 0.254 e. The summed E-state index contributed by atoms with van der Waals surface area (Å²) >= 11 is 1.61. The van der Waals surface area contributed by atoms with E-state index in [-0.39, 0.29) is 17.9 Å². The fourth-order valence-corrected chi connectivity index (χ4v) is 5.05. The second-order valence-electron chi connectivity index (χ2n) is 8.73. The van der Waals surface area contributed by atoms with Gasteiger partial charge in [0.2, 0.25) is 5.91 Å². The molecule has 1 N–H and O–H groups in total. The number of nitrogens with one attached hydrogen (secondary N) is 1. The van der Waals surface area contributed by atoms with E-state index in [0.29, 0.717) is 37.8 Å². The summed E-state index contributed by atoms with van der Waals surface area (Å²) in [5.41, 5.74) is 2.97. The van der Waals surface area contributed by atoms with Gasteiger partial charge in [0.05, 0.1) is 33.3 Å². The summed E-state index contributed by atoms with van der Waals surface area (Å²) in [5, 5.41) is 10.4. The molecule has 1 saturated carbocycles. The van der Waals surface area contributed by atoms with Crippen LogP contribution in [0, 0.1) is 6.92 Å². The average Bonchev–Trinajstić information content (AvgIpc) is 3.34. The number of hydrogen-bond donors (Lipinski definition) is 1. The Bertz CT molecular complexity index is 1160. The van der Waals surface area contributed by atoms with Crippen molar-refractivity contribution in [2.24, 2.45) is 7.05 Å². The first kappa shape index (κ1) is 21.1. The number of amides is 2. The third kappa shape index (κ3) is 3.91. The molecule has 9 heteroatoms. The number of rotatable bonds is 5. The zero-order chi connectivity index (χ0) is 22.4. The maximum atomic E-state index is 13.6. The Balaban J connectivity index is 1.37. The van der Waals surface area contributed by atoms with Crippen LogP contribution in [-0.4, -0.2) is 74.6 Å². The average molecular weight is 453 g/mol. The number of carbonyl (C=O) groups is 2. The molecular weight excluding hydrogens is 424 g/mol. The number of nitrogens with zero attached hydrogens (tertiary/aromatic N) is 5. The summed E-state index contributed by atoms with van der Waals surface area (Å²) in [5.74, 6) is 0.0933. The lowest BCUT2D eigenvalue weighted by molar-refractivity contribution is -0.126. The van der Waals surface area contributed by atoms with Crippen molar-refractivity contribution in [3.63, 3.8) is 0 Å². The molecule has 2 fully saturated rings. The number of piperazine rings is 1. The minimum Gasteiger partial charge on any atom is -0.352 e. The zero-order valence-electron chi connectivity index (χ0n) is 18.7. The quantitative estimate of drug-likeness (QED) is 0.643. The van der Waals surface area contributed by atoms with Crippen molar-refractivity contribution < 1.29 is 9.59 Å². The van der Waals surface area contributed by atoms with Crippen LogP contribution in [0.4, 0.5) is 0 Å². The molecule has 8 nitrogen and oxygen atoms in total. The van der Waals surface area contributed by atoms with E-state index in [0.717, 1.165) is 40.1 Å². The first-order valence-corrected chi connectivity index (χ1v) is 12.0. The smallest absolute Gasteiger partial charge is 0.254 e. The molecule has 2 amide bonds. The van der Waals surface area contributed by atoms with Crippen molar-refractivity contribution in [2.75, 3.05) is 26.2 Å². The van der Waals surface area contributed by atoms with Gasteiger partial charge in [0.1, 0.15) is 0 Å². The van der Waals surface area contributed by atoms with Gasteiger partial charge in [-0.15, -0.1) is 11.3 Å². The molecule has 3 aromatic rings. The van der Waals surface area contributed by atoms with Gasteiger partial charge in [-0.1, -0.05) is 6.07 Å². The normalized spacial score (nSPS) is 18.2. The highest BCUT2D eigenvalue weighted by atomic mass is 32.1. The van der Waals surface area contributed by atoms with Crippen LogP contribution in [0.3, 0.4) is 0 Å². The Kier molecular flexibility index (Phi) is 5.46. The summed E-state index contributed by atoms with van der Waals surface area (Å²) in [6, 6.07) is 6.10. The molecule has 3 aromatic heterocycles. The number of carbonyl (C=O) groups excluding carboxylic acids is 2. The van der Waals surface area contributed by atoms with Crippen LogP contribution in [-0.2, 0) is 11.8 Å². The van der Waals surface area contributed by atoms with Gasteiger partial charge in [-0.2, -0.15) is 5.10 Å². The van der Waals surface area contributed by atoms with Crippen LogP contribution >= 0.6 is 11.3 Å². The third-order valence-electron chi connectivity index (χ3n) is 6.43. The number of hydrogen-bond acceptors (Lipinski definition) is 6. The second-order valence-corrected chi connectivity index (χ2v) is 9.67. The highest BCUT2D eigenvalue weighted by Gasteiger charge is 2.32. The van der Waals surface area contributed by atoms with E-state index >= 15 is 0 Å². The molecule has 4 heterocycles. The van der Waals surface area contributed by atoms with Gasteiger partial charge >= 0.3 is 0 Å². The molecule has 168 valence electrons. The molecular formula is C23H28N6O2S. The lowest BCUT2D eigenvalue weighted by Gasteiger charge is -2.37. The van der Waals surface area contributed by atoms with Crippen molar-refractivity contribution >= 4 is 34.2 Å². The molecule has 2 aliphatic rings. The molecule has 1 aliphatic carbocycles. The maximum absolute atomic E-state index is 13.6. The van der Waals surface area contributed by atoms with E-state index in [1.807, 2.05) is 49.4 Å². The highest BCUT2D eigenvalue weighted by molar-refractivity contribution is 7.13. The molecule has 0 spiro atoms. The summed E-state index contributed by atoms with van der Waals surface area (Å²) in [7, 11) is 1.86. The zero-order valence-corrected chi connectivity index (χ0v) is 19.5. The van der Waals surface area contributed by atoms with Crippen molar-refractivity contribution in [2.45, 2.75) is 38.8 Å². The topological polar surface area (TPSA) is 83.4 Å². The van der Waals surface area contributed by atoms with Crippen molar-refractivity contribution in [1.82, 2.24) is 29.9 Å². The first-order valence-electron chi connectivity index (χ1n) is 11.1. The molecule has 1 atom stereocenters. The summed E-state index contributed by atoms with van der Waals surface area (Å²) in [4.78, 5) is 35.9. The lowest BCUT2D eigenvalue weighted by Crippen LogP contribution is -2.55. The highest BCUT2D eigenvalue weighted by Crippen LogP contribution is 2.30. The number of fused-ring (bicyclic) bond motifs is 1. The van der Waals surface area contributed by atoms with Gasteiger partial charge in [0.15, 0.2) is 5.65 Å². The van der Waals surface area contributed by atoms with Gasteiger partial charge in [-0.05, 0) is 44.2 Å². The fraction of sp³-hybridized carbons (Fsp3) is 0.478. The molecule has 32 heavy (non-hydrogen) atoms. The Morgan fingerprint density at radius 1 is 1.22 bits per heavy atom. The minimum atomic E-state index is -0.175. The SMILES string of the molecule is Cc1nn(C)c2nc(-c3cccs3)cc(C(=O)N3CCN(C(C)C(=O)NC4CC4)CC3)c12. The summed E-state index contributed by atoms with van der Waals surface area (Å²) in [6.45, 7) is 6.43. The van der Waals surface area contributed by atoms with E-state index in [1.54, 1.807) is 16.0 Å². The van der Waals surface area contributed by atoms with Crippen LogP contribution in [0.2, 0.25) is 0 Å². The summed E-state index contributed by atoms with van der Waals surface area (Å²) < 4.78 is 1.75. The van der Waals surface area contributed by atoms with Crippen LogP contribution in [0.25, 0.3) is 21.6 Å². The van der Waals surface area contributed by atoms with Crippen LogP contribution < -0.4 is 5.32 Å². The molecule has 0 aromatic carbocycles. The van der Waals surface area contributed by atoms with Crippen molar-refractivity contribution in [3.8, 4) is 10.6 Å². The number of thiophene rings is 1. The van der Waals surface area contributed by atoms with Gasteiger partial charge in [-0.3, -0.25) is 19.2 Å². The van der Waals surface area contributed by atoms with Gasteiger partial charge in [0, 0.05) is 39.3 Å². The Labute approximate surface area is 191 Å². The van der Waals surface area contributed by atoms with E-state index in [1.165, 1.54) is 0 Å². The van der Waals surface area contributed by atoms with E-state index < -0.39 is 0 Å². The number of aryl methyl sites for hydroxylation is 2. The Hall–Kier alpha value is -2.78. The lowest BCUT2D eigenvalue weighted by atomic mass is 10.1. The molecule has 1 saturated heterocycles. The predicted octanol–water partition coefficient (Wildman–Crippen LogP) is 2.43. The molecule has 1 unspecified atom stereocenters. The molecule has 0 radical (unpaired) electrons. The molecule has 5 rings (SSSR count). The van der Waals surface area contributed by atoms with E-state index in [4.69, 9.17) is 4.98 Å². The van der Waals surface area contributed by atoms with Crippen LogP contribution in [0.15, 0.2) is 23.6 Å². The van der Waals surface area contributed by atoms with Gasteiger partial charge in [-0.25, -0.2) is 4.98 Å². The number of aromatic nitrogens is 3. The van der Waals surface area contributed by atoms with Crippen LogP contribution in [0.5, 0.6) is 0 Å². The Morgan fingerprint density at radius 3 is 2.62 bits per heavy atom. The minimum absolute atomic E-state index is 0.000964. The third-order valence-corrected chi connectivity index (χ3v) is 7.32. The van der Waals surface area contributed by atoms with Crippen molar-refractivity contribution in [3.05, 3.63) is 34.8 Å².